The van der Waals surface area contributed by atoms with Crippen molar-refractivity contribution in [2.24, 2.45) is 25.6 Å². The van der Waals surface area contributed by atoms with Crippen LogP contribution in [0.15, 0.2) is 163 Å². The number of hydrogen-bond acceptors (Lipinski definition) is 14. The number of azo groups is 2. The number of amides is 2. The fourth-order valence-electron chi connectivity index (χ4n) is 6.15. The Morgan fingerprint density at radius 1 is 0.578 bits per heavy atom. The number of nitrogens with zero attached hydrogens (tertiary/aromatic N) is 5. The van der Waals surface area contributed by atoms with Crippen LogP contribution in [0.4, 0.5) is 45.5 Å². The van der Waals surface area contributed by atoms with Crippen molar-refractivity contribution in [3.8, 4) is 0 Å². The lowest BCUT2D eigenvalue weighted by Crippen LogP contribution is -2.27. The van der Waals surface area contributed by atoms with Gasteiger partial charge in [0.25, 0.3) is 32.1 Å². The number of hydrazone groups is 1. The van der Waals surface area contributed by atoms with Crippen LogP contribution in [0.25, 0.3) is 6.08 Å². The molecule has 322 valence electrons. The zero-order valence-corrected chi connectivity index (χ0v) is 35.2. The van der Waals surface area contributed by atoms with Crippen molar-refractivity contribution in [1.29, 1.82) is 0 Å². The van der Waals surface area contributed by atoms with Gasteiger partial charge in [-0.3, -0.25) is 28.9 Å². The van der Waals surface area contributed by atoms with Crippen molar-refractivity contribution in [2.45, 2.75) is 18.7 Å². The molecule has 0 heterocycles. The molecule has 20 heteroatoms. The van der Waals surface area contributed by atoms with Gasteiger partial charge in [-0.05, 0) is 164 Å². The molecule has 6 aromatic rings. The Labute approximate surface area is 365 Å². The van der Waals surface area contributed by atoms with Crippen LogP contribution in [0.5, 0.6) is 0 Å². The third-order valence-corrected chi connectivity index (χ3v) is 11.2. The minimum atomic E-state index is -4.96. The predicted molar refractivity (Wildman–Crippen MR) is 242 cm³/mol. The molecule has 64 heavy (non-hydrogen) atoms. The van der Waals surface area contributed by atoms with Crippen LogP contribution in [-0.4, -0.2) is 49.3 Å². The number of allylic oxidation sites excluding steroid dienone is 1. The van der Waals surface area contributed by atoms with E-state index < -0.39 is 41.5 Å². The van der Waals surface area contributed by atoms with Crippen LogP contribution in [0.2, 0.25) is 0 Å². The SMILES string of the molecule is Cc1cc(NC(=O)c2ccc(N)cc2)ccc1N=Nc1ccc(C(=O)Nc2ccc(N=Nc3ccc4c(c3)C=C(S(=O)(=O)O)/C(=N/Nc3ccc(S(=O)(=O)O)cc3)C4=O)c(C)c2)cc1. The van der Waals surface area contributed by atoms with Gasteiger partial charge in [-0.2, -0.15) is 42.4 Å². The van der Waals surface area contributed by atoms with Gasteiger partial charge in [0.1, 0.15) is 4.91 Å². The zero-order chi connectivity index (χ0) is 45.8. The summed E-state index contributed by atoms with van der Waals surface area (Å²) in [4.78, 5) is 37.9. The fraction of sp³-hybridized carbons (Fsp3) is 0.0455. The normalized spacial score (nSPS) is 13.5. The number of nitrogens with one attached hydrogen (secondary N) is 3. The number of nitrogen functional groups attached to an aromatic ring is 1. The molecule has 0 atom stereocenters. The van der Waals surface area contributed by atoms with E-state index in [4.69, 9.17) is 5.73 Å². The van der Waals surface area contributed by atoms with Crippen molar-refractivity contribution < 1.29 is 40.3 Å². The summed E-state index contributed by atoms with van der Waals surface area (Å²) in [5.41, 5.74) is 13.6. The highest BCUT2D eigenvalue weighted by Crippen LogP contribution is 2.32. The lowest BCUT2D eigenvalue weighted by molar-refractivity contribution is 0.101. The zero-order valence-electron chi connectivity index (χ0n) is 33.6. The van der Waals surface area contributed by atoms with E-state index in [1.165, 1.54) is 30.3 Å². The van der Waals surface area contributed by atoms with Crippen molar-refractivity contribution >= 4 is 95.1 Å². The summed E-state index contributed by atoms with van der Waals surface area (Å²) in [5.74, 6) is -1.47. The highest BCUT2D eigenvalue weighted by Gasteiger charge is 2.33. The molecular formula is C44H35N9O9S2. The first kappa shape index (κ1) is 44.0. The maximum Gasteiger partial charge on any atom is 0.296 e. The van der Waals surface area contributed by atoms with E-state index in [1.807, 2.05) is 6.92 Å². The molecule has 0 saturated heterocycles. The number of aryl methyl sites for hydroxylation is 2. The predicted octanol–water partition coefficient (Wildman–Crippen LogP) is 9.36. The minimum Gasteiger partial charge on any atom is -0.399 e. The molecule has 0 unspecified atom stereocenters. The molecule has 0 spiro atoms. The lowest BCUT2D eigenvalue weighted by Gasteiger charge is -2.16. The second-order valence-electron chi connectivity index (χ2n) is 14.1. The van der Waals surface area contributed by atoms with Crippen LogP contribution >= 0.6 is 0 Å². The monoisotopic (exact) mass is 897 g/mol. The Morgan fingerprint density at radius 3 is 1.59 bits per heavy atom. The molecule has 0 bridgehead atoms. The quantitative estimate of drug-likeness (QED) is 0.0291. The number of ketones is 1. The first-order valence-electron chi connectivity index (χ1n) is 18.8. The van der Waals surface area contributed by atoms with Gasteiger partial charge in [0.05, 0.1) is 33.3 Å². The van der Waals surface area contributed by atoms with Gasteiger partial charge in [0, 0.05) is 33.8 Å². The summed E-state index contributed by atoms with van der Waals surface area (Å²) in [6.45, 7) is 3.61. The molecule has 6 aromatic carbocycles. The molecule has 0 radical (unpaired) electrons. The molecule has 18 nitrogen and oxygen atoms in total. The highest BCUT2D eigenvalue weighted by atomic mass is 32.2. The van der Waals surface area contributed by atoms with E-state index in [0.717, 1.165) is 23.8 Å². The Morgan fingerprint density at radius 2 is 1.08 bits per heavy atom. The van der Waals surface area contributed by atoms with E-state index in [2.05, 4.69) is 41.6 Å². The number of carbonyl (C=O) groups is 3. The van der Waals surface area contributed by atoms with E-state index >= 15 is 0 Å². The standard InChI is InChI=1S/C44H35N9O9S2/c1-25-21-33(46-43(55)27-3-7-30(45)8-4-27)14-19-38(25)51-48-31-9-5-28(6-10-31)44(56)47-34-15-20-39(26(2)22-34)52-50-35-13-18-37-29(23-35)24-40(64(60,61)62)41(42(37)54)53-49-32-11-16-36(17-12-32)63(57,58)59/h3-24,49H,45H2,1-2H3,(H,46,55)(H,47,56)(H,57,58,59)(H,60,61,62)/b51-48?,52-50?,53-41-. The number of carbonyl (C=O) groups excluding carboxylic acids is 3. The van der Waals surface area contributed by atoms with Gasteiger partial charge in [0.2, 0.25) is 5.78 Å². The number of nitrogens with two attached hydrogens (primary N) is 1. The third kappa shape index (κ3) is 10.5. The molecule has 0 saturated carbocycles. The molecule has 2 amide bonds. The number of anilines is 4. The summed E-state index contributed by atoms with van der Waals surface area (Å²) in [6, 6.07) is 32.3. The van der Waals surface area contributed by atoms with Crippen molar-refractivity contribution in [1.82, 2.24) is 0 Å². The molecule has 0 aromatic heterocycles. The number of benzene rings is 6. The number of hydrogen-bond donors (Lipinski definition) is 6. The molecule has 7 rings (SSSR count). The van der Waals surface area contributed by atoms with Crippen molar-refractivity contribution in [3.05, 3.63) is 166 Å². The van der Waals surface area contributed by atoms with Gasteiger partial charge >= 0.3 is 0 Å². The van der Waals surface area contributed by atoms with Crippen molar-refractivity contribution in [3.63, 3.8) is 0 Å². The average molecular weight is 898 g/mol. The maximum absolute atomic E-state index is 13.4. The Balaban J connectivity index is 0.971. The van der Waals surface area contributed by atoms with Crippen LogP contribution in [-0.2, 0) is 20.2 Å². The summed E-state index contributed by atoms with van der Waals surface area (Å²) < 4.78 is 66.4. The number of rotatable bonds is 12. The molecule has 0 fully saturated rings. The second-order valence-corrected chi connectivity index (χ2v) is 16.9. The van der Waals surface area contributed by atoms with E-state index in [1.54, 1.807) is 91.9 Å². The van der Waals surface area contributed by atoms with Gasteiger partial charge < -0.3 is 16.4 Å². The maximum atomic E-state index is 13.4. The van der Waals surface area contributed by atoms with Gasteiger partial charge in [-0.25, -0.2) is 0 Å². The molecular weight excluding hydrogens is 863 g/mol. The van der Waals surface area contributed by atoms with E-state index in [9.17, 15) is 40.3 Å². The summed E-state index contributed by atoms with van der Waals surface area (Å²) in [5, 5.41) is 26.7. The Bertz CT molecular complexity index is 3210. The first-order chi connectivity index (χ1) is 30.4. The van der Waals surface area contributed by atoms with Gasteiger partial charge in [-0.15, -0.1) is 0 Å². The Kier molecular flexibility index (Phi) is 12.5. The smallest absolute Gasteiger partial charge is 0.296 e. The van der Waals surface area contributed by atoms with Gasteiger partial charge in [0.15, 0.2) is 5.71 Å². The highest BCUT2D eigenvalue weighted by molar-refractivity contribution is 7.91. The third-order valence-electron chi connectivity index (χ3n) is 9.50. The van der Waals surface area contributed by atoms with Crippen LogP contribution < -0.4 is 21.8 Å². The van der Waals surface area contributed by atoms with E-state index in [0.29, 0.717) is 50.8 Å². The van der Waals surface area contributed by atoms with Crippen LogP contribution in [0.1, 0.15) is 47.8 Å². The van der Waals surface area contributed by atoms with Gasteiger partial charge in [-0.1, -0.05) is 0 Å². The summed E-state index contributed by atoms with van der Waals surface area (Å²) >= 11 is 0. The summed E-state index contributed by atoms with van der Waals surface area (Å²) in [6.07, 6.45) is 1.06. The fourth-order valence-corrected chi connectivity index (χ4v) is 7.29. The topological polar surface area (TPSA) is 284 Å². The van der Waals surface area contributed by atoms with E-state index in [-0.39, 0.29) is 34.3 Å². The van der Waals surface area contributed by atoms with Crippen LogP contribution in [0, 0.1) is 13.8 Å². The molecule has 0 aliphatic heterocycles. The largest absolute Gasteiger partial charge is 0.399 e. The molecule has 1 aliphatic carbocycles. The van der Waals surface area contributed by atoms with Crippen LogP contribution in [0.3, 0.4) is 0 Å². The van der Waals surface area contributed by atoms with Crippen molar-refractivity contribution in [2.75, 3.05) is 21.8 Å². The average Bonchev–Trinajstić information content (AvgIpc) is 3.25. The number of Topliss-reactive ketones (excluding diaryl/α,β-unsaturated/α-hetero) is 1. The molecule has 7 N–H and O–H groups in total. The Hall–Kier alpha value is -8.04. The molecule has 1 aliphatic rings. The second kappa shape index (κ2) is 18.1. The number of fused-ring (bicyclic) bond motifs is 1. The first-order valence-corrected chi connectivity index (χ1v) is 21.7. The minimum absolute atomic E-state index is 0.0565. The summed E-state index contributed by atoms with van der Waals surface area (Å²) in [7, 11) is -9.42. The lowest BCUT2D eigenvalue weighted by atomic mass is 9.94.